The van der Waals surface area contributed by atoms with Gasteiger partial charge in [-0.05, 0) is 36.2 Å². The minimum absolute atomic E-state index is 0.292. The summed E-state index contributed by atoms with van der Waals surface area (Å²) >= 11 is 0. The average Bonchev–Trinajstić information content (AvgIpc) is 2.40. The van der Waals surface area contributed by atoms with Crippen LogP contribution in [0.25, 0.3) is 11.1 Å². The molecular weight excluding hydrogens is 228 g/mol. The monoisotopic (exact) mass is 244 g/mol. The number of aryl methyl sites for hydroxylation is 1. The zero-order chi connectivity index (χ0) is 13.1. The second kappa shape index (κ2) is 5.00. The molecule has 0 amide bonds. The second-order valence-corrected chi connectivity index (χ2v) is 4.04. The standard InChI is InChI=1S/C15H16O3/c1-10-9-11(7-8-13(10)16)12-5-4-6-14(17-2)15(12)18-3/h4-9,16H,1-3H3. The fourth-order valence-electron chi connectivity index (χ4n) is 1.94. The normalized spacial score (nSPS) is 10.2. The fraction of sp³-hybridized carbons (Fsp3) is 0.200. The zero-order valence-corrected chi connectivity index (χ0v) is 10.7. The van der Waals surface area contributed by atoms with Crippen LogP contribution >= 0.6 is 0 Å². The molecule has 0 fully saturated rings. The highest BCUT2D eigenvalue weighted by molar-refractivity contribution is 5.74. The Labute approximate surface area is 107 Å². The van der Waals surface area contributed by atoms with Crippen LogP contribution < -0.4 is 9.47 Å². The summed E-state index contributed by atoms with van der Waals surface area (Å²) in [6.45, 7) is 1.87. The summed E-state index contributed by atoms with van der Waals surface area (Å²) in [5, 5.41) is 9.56. The lowest BCUT2D eigenvalue weighted by atomic mass is 10.0. The van der Waals surface area contributed by atoms with Crippen molar-refractivity contribution >= 4 is 0 Å². The Kier molecular flexibility index (Phi) is 3.42. The van der Waals surface area contributed by atoms with E-state index in [9.17, 15) is 5.11 Å². The van der Waals surface area contributed by atoms with E-state index in [1.165, 1.54) is 0 Å². The molecule has 2 rings (SSSR count). The molecule has 0 aliphatic rings. The van der Waals surface area contributed by atoms with E-state index in [-0.39, 0.29) is 0 Å². The predicted molar refractivity (Wildman–Crippen MR) is 71.4 cm³/mol. The Hall–Kier alpha value is -2.16. The van der Waals surface area contributed by atoms with Crippen molar-refractivity contribution < 1.29 is 14.6 Å². The van der Waals surface area contributed by atoms with Crippen LogP contribution in [0.2, 0.25) is 0 Å². The van der Waals surface area contributed by atoms with Gasteiger partial charge < -0.3 is 14.6 Å². The third kappa shape index (κ3) is 2.12. The van der Waals surface area contributed by atoms with E-state index in [2.05, 4.69) is 0 Å². The van der Waals surface area contributed by atoms with Crippen molar-refractivity contribution in [1.82, 2.24) is 0 Å². The van der Waals surface area contributed by atoms with Gasteiger partial charge in [-0.25, -0.2) is 0 Å². The first-order chi connectivity index (χ1) is 8.67. The zero-order valence-electron chi connectivity index (χ0n) is 10.7. The molecule has 3 heteroatoms. The van der Waals surface area contributed by atoms with Gasteiger partial charge in [0.1, 0.15) is 5.75 Å². The first-order valence-corrected chi connectivity index (χ1v) is 5.68. The SMILES string of the molecule is COc1cccc(-c2ccc(O)c(C)c2)c1OC. The molecule has 2 aromatic carbocycles. The summed E-state index contributed by atoms with van der Waals surface area (Å²) in [6, 6.07) is 11.2. The number of hydrogen-bond donors (Lipinski definition) is 1. The molecule has 0 heterocycles. The fourth-order valence-corrected chi connectivity index (χ4v) is 1.94. The number of ether oxygens (including phenoxy) is 2. The Morgan fingerprint density at radius 3 is 2.39 bits per heavy atom. The number of methoxy groups -OCH3 is 2. The quantitative estimate of drug-likeness (QED) is 0.899. The average molecular weight is 244 g/mol. The molecule has 0 atom stereocenters. The molecule has 0 spiro atoms. The van der Waals surface area contributed by atoms with Crippen molar-refractivity contribution in [3.63, 3.8) is 0 Å². The second-order valence-electron chi connectivity index (χ2n) is 4.04. The Morgan fingerprint density at radius 1 is 1.00 bits per heavy atom. The summed E-state index contributed by atoms with van der Waals surface area (Å²) in [7, 11) is 3.23. The molecule has 0 radical (unpaired) electrons. The minimum Gasteiger partial charge on any atom is -0.508 e. The molecule has 0 unspecified atom stereocenters. The van der Waals surface area contributed by atoms with Crippen molar-refractivity contribution in [3.05, 3.63) is 42.0 Å². The number of rotatable bonds is 3. The Bertz CT molecular complexity index is 562. The van der Waals surface area contributed by atoms with Gasteiger partial charge >= 0.3 is 0 Å². The summed E-state index contributed by atoms with van der Waals surface area (Å²) in [5.41, 5.74) is 2.76. The van der Waals surface area contributed by atoms with Crippen LogP contribution in [0.4, 0.5) is 0 Å². The van der Waals surface area contributed by atoms with E-state index in [0.29, 0.717) is 17.2 Å². The van der Waals surface area contributed by atoms with Gasteiger partial charge in [-0.2, -0.15) is 0 Å². The molecule has 0 saturated heterocycles. The summed E-state index contributed by atoms with van der Waals surface area (Å²) in [5.74, 6) is 1.69. The van der Waals surface area contributed by atoms with Gasteiger partial charge in [-0.3, -0.25) is 0 Å². The van der Waals surface area contributed by atoms with E-state index < -0.39 is 0 Å². The third-order valence-electron chi connectivity index (χ3n) is 2.91. The molecule has 1 N–H and O–H groups in total. The summed E-state index contributed by atoms with van der Waals surface area (Å²) in [4.78, 5) is 0. The first-order valence-electron chi connectivity index (χ1n) is 5.68. The van der Waals surface area contributed by atoms with E-state index in [4.69, 9.17) is 9.47 Å². The highest BCUT2D eigenvalue weighted by Crippen LogP contribution is 2.38. The van der Waals surface area contributed by atoms with Crippen LogP contribution in [0, 0.1) is 6.92 Å². The number of aromatic hydroxyl groups is 1. The van der Waals surface area contributed by atoms with Crippen LogP contribution in [0.1, 0.15) is 5.56 Å². The lowest BCUT2D eigenvalue weighted by Crippen LogP contribution is -1.93. The lowest BCUT2D eigenvalue weighted by Gasteiger charge is -2.13. The van der Waals surface area contributed by atoms with Gasteiger partial charge in [0.15, 0.2) is 11.5 Å². The summed E-state index contributed by atoms with van der Waals surface area (Å²) < 4.78 is 10.7. The first kappa shape index (κ1) is 12.3. The Morgan fingerprint density at radius 2 is 1.78 bits per heavy atom. The molecule has 0 aliphatic carbocycles. The topological polar surface area (TPSA) is 38.7 Å². The maximum absolute atomic E-state index is 9.56. The van der Waals surface area contributed by atoms with E-state index in [1.807, 2.05) is 37.3 Å². The molecule has 3 nitrogen and oxygen atoms in total. The highest BCUT2D eigenvalue weighted by atomic mass is 16.5. The molecule has 0 bridgehead atoms. The number of benzene rings is 2. The van der Waals surface area contributed by atoms with Gasteiger partial charge in [0.2, 0.25) is 0 Å². The number of phenols is 1. The number of phenolic OH excluding ortho intramolecular Hbond substituents is 1. The van der Waals surface area contributed by atoms with Crippen molar-refractivity contribution in [2.24, 2.45) is 0 Å². The molecular formula is C15H16O3. The van der Waals surface area contributed by atoms with Gasteiger partial charge in [-0.1, -0.05) is 18.2 Å². The molecule has 18 heavy (non-hydrogen) atoms. The van der Waals surface area contributed by atoms with Gasteiger partial charge in [-0.15, -0.1) is 0 Å². The highest BCUT2D eigenvalue weighted by Gasteiger charge is 2.11. The Balaban J connectivity index is 2.59. The number of para-hydroxylation sites is 1. The van der Waals surface area contributed by atoms with E-state index in [1.54, 1.807) is 20.3 Å². The molecule has 0 aromatic heterocycles. The smallest absolute Gasteiger partial charge is 0.168 e. The van der Waals surface area contributed by atoms with Crippen molar-refractivity contribution in [2.75, 3.05) is 14.2 Å². The number of hydrogen-bond acceptors (Lipinski definition) is 3. The van der Waals surface area contributed by atoms with Crippen LogP contribution in [0.15, 0.2) is 36.4 Å². The van der Waals surface area contributed by atoms with Crippen LogP contribution in [-0.2, 0) is 0 Å². The van der Waals surface area contributed by atoms with Crippen LogP contribution in [0.3, 0.4) is 0 Å². The van der Waals surface area contributed by atoms with E-state index >= 15 is 0 Å². The van der Waals surface area contributed by atoms with Crippen LogP contribution in [-0.4, -0.2) is 19.3 Å². The maximum atomic E-state index is 9.56. The summed E-state index contributed by atoms with van der Waals surface area (Å²) in [6.07, 6.45) is 0. The van der Waals surface area contributed by atoms with Crippen molar-refractivity contribution in [2.45, 2.75) is 6.92 Å². The maximum Gasteiger partial charge on any atom is 0.168 e. The predicted octanol–water partition coefficient (Wildman–Crippen LogP) is 3.38. The molecule has 0 saturated carbocycles. The van der Waals surface area contributed by atoms with Crippen LogP contribution in [0.5, 0.6) is 17.2 Å². The van der Waals surface area contributed by atoms with Gasteiger partial charge in [0.25, 0.3) is 0 Å². The van der Waals surface area contributed by atoms with Gasteiger partial charge in [0, 0.05) is 5.56 Å². The van der Waals surface area contributed by atoms with Crippen molar-refractivity contribution in [1.29, 1.82) is 0 Å². The lowest BCUT2D eigenvalue weighted by molar-refractivity contribution is 0.356. The minimum atomic E-state index is 0.292. The molecule has 0 aliphatic heterocycles. The third-order valence-corrected chi connectivity index (χ3v) is 2.91. The largest absolute Gasteiger partial charge is 0.508 e. The van der Waals surface area contributed by atoms with Gasteiger partial charge in [0.05, 0.1) is 14.2 Å². The molecule has 94 valence electrons. The molecule has 2 aromatic rings. The van der Waals surface area contributed by atoms with E-state index in [0.717, 1.165) is 16.7 Å². The van der Waals surface area contributed by atoms with Crippen molar-refractivity contribution in [3.8, 4) is 28.4 Å².